The smallest absolute Gasteiger partial charge is 0.228 e. The number of morpholine rings is 1. The predicted octanol–water partition coefficient (Wildman–Crippen LogP) is 0.586. The van der Waals surface area contributed by atoms with Crippen molar-refractivity contribution < 1.29 is 9.26 Å². The van der Waals surface area contributed by atoms with E-state index in [9.17, 15) is 0 Å². The molecule has 2 aromatic rings. The van der Waals surface area contributed by atoms with E-state index in [1.165, 1.54) is 0 Å². The van der Waals surface area contributed by atoms with Crippen molar-refractivity contribution in [3.63, 3.8) is 0 Å². The molecule has 3 heterocycles. The summed E-state index contributed by atoms with van der Waals surface area (Å²) in [6, 6.07) is 6.05. The molecular formula is C13H16N4O2. The highest BCUT2D eigenvalue weighted by atomic mass is 16.5. The van der Waals surface area contributed by atoms with Crippen LogP contribution >= 0.6 is 0 Å². The highest BCUT2D eigenvalue weighted by Crippen LogP contribution is 2.07. The fourth-order valence-electron chi connectivity index (χ4n) is 2.07. The Bertz CT molecular complexity index is 508. The maximum Gasteiger partial charge on any atom is 0.228 e. The molecule has 1 N–H and O–H groups in total. The third-order valence-corrected chi connectivity index (χ3v) is 2.99. The van der Waals surface area contributed by atoms with Gasteiger partial charge in [0.15, 0.2) is 5.82 Å². The van der Waals surface area contributed by atoms with Crippen molar-refractivity contribution in [2.45, 2.75) is 18.9 Å². The van der Waals surface area contributed by atoms with E-state index in [1.807, 2.05) is 18.2 Å². The van der Waals surface area contributed by atoms with Crippen molar-refractivity contribution in [1.82, 2.24) is 20.4 Å². The highest BCUT2D eigenvalue weighted by molar-refractivity contribution is 5.09. The molecule has 1 aliphatic heterocycles. The normalized spacial score (nSPS) is 19.5. The molecule has 1 atom stereocenters. The van der Waals surface area contributed by atoms with Gasteiger partial charge in [0.2, 0.25) is 5.89 Å². The number of nitrogens with zero attached hydrogens (tertiary/aromatic N) is 3. The molecule has 1 fully saturated rings. The number of hydrogen-bond donors (Lipinski definition) is 1. The van der Waals surface area contributed by atoms with Crippen LogP contribution in [-0.2, 0) is 17.6 Å². The van der Waals surface area contributed by atoms with E-state index < -0.39 is 0 Å². The number of nitrogens with one attached hydrogen (secondary N) is 1. The standard InChI is InChI=1S/C13H16N4O2/c1-2-4-14-10(3-1)7-12-16-13(19-17-12)8-11-9-18-6-5-15-11/h1-4,11,15H,5-9H2. The molecule has 3 rings (SSSR count). The molecule has 0 amide bonds. The number of rotatable bonds is 4. The molecule has 0 bridgehead atoms. The van der Waals surface area contributed by atoms with Crippen LogP contribution in [0.1, 0.15) is 17.4 Å². The average molecular weight is 260 g/mol. The molecule has 6 nitrogen and oxygen atoms in total. The number of ether oxygens (including phenoxy) is 1. The van der Waals surface area contributed by atoms with Gasteiger partial charge in [-0.15, -0.1) is 0 Å². The molecule has 0 saturated carbocycles. The average Bonchev–Trinajstić information content (AvgIpc) is 2.88. The second kappa shape index (κ2) is 5.90. The lowest BCUT2D eigenvalue weighted by molar-refractivity contribution is 0.0744. The van der Waals surface area contributed by atoms with Crippen molar-refractivity contribution in [1.29, 1.82) is 0 Å². The van der Waals surface area contributed by atoms with Crippen LogP contribution in [0.2, 0.25) is 0 Å². The van der Waals surface area contributed by atoms with Crippen molar-refractivity contribution in [2.24, 2.45) is 0 Å². The molecular weight excluding hydrogens is 244 g/mol. The van der Waals surface area contributed by atoms with Gasteiger partial charge < -0.3 is 14.6 Å². The van der Waals surface area contributed by atoms with Gasteiger partial charge in [0.1, 0.15) is 0 Å². The third kappa shape index (κ3) is 3.36. The number of pyridine rings is 1. The van der Waals surface area contributed by atoms with Gasteiger partial charge in [0, 0.05) is 30.9 Å². The summed E-state index contributed by atoms with van der Waals surface area (Å²) in [5.41, 5.74) is 0.939. The third-order valence-electron chi connectivity index (χ3n) is 2.99. The Balaban J connectivity index is 1.59. The summed E-state index contributed by atoms with van der Waals surface area (Å²) in [6.07, 6.45) is 3.06. The Morgan fingerprint density at radius 3 is 3.16 bits per heavy atom. The van der Waals surface area contributed by atoms with Crippen LogP contribution in [0.4, 0.5) is 0 Å². The van der Waals surface area contributed by atoms with Gasteiger partial charge in [-0.05, 0) is 12.1 Å². The highest BCUT2D eigenvalue weighted by Gasteiger charge is 2.17. The Morgan fingerprint density at radius 1 is 1.37 bits per heavy atom. The zero-order valence-corrected chi connectivity index (χ0v) is 10.6. The van der Waals surface area contributed by atoms with Crippen molar-refractivity contribution in [2.75, 3.05) is 19.8 Å². The molecule has 1 unspecified atom stereocenters. The minimum Gasteiger partial charge on any atom is -0.378 e. The topological polar surface area (TPSA) is 73.1 Å². The summed E-state index contributed by atoms with van der Waals surface area (Å²) >= 11 is 0. The van der Waals surface area contributed by atoms with E-state index in [4.69, 9.17) is 9.26 Å². The summed E-state index contributed by atoms with van der Waals surface area (Å²) < 4.78 is 10.6. The van der Waals surface area contributed by atoms with Crippen LogP contribution in [0, 0.1) is 0 Å². The van der Waals surface area contributed by atoms with Crippen LogP contribution in [-0.4, -0.2) is 40.9 Å². The molecule has 6 heteroatoms. The zero-order valence-electron chi connectivity index (χ0n) is 10.6. The SMILES string of the molecule is c1ccc(Cc2noc(CC3COCCN3)n2)nc1. The van der Waals surface area contributed by atoms with Gasteiger partial charge in [0.05, 0.1) is 19.6 Å². The lowest BCUT2D eigenvalue weighted by atomic mass is 10.2. The van der Waals surface area contributed by atoms with Crippen LogP contribution in [0.15, 0.2) is 28.9 Å². The first-order valence-corrected chi connectivity index (χ1v) is 6.42. The lowest BCUT2D eigenvalue weighted by Gasteiger charge is -2.22. The minimum atomic E-state index is 0.261. The molecule has 100 valence electrons. The van der Waals surface area contributed by atoms with E-state index in [1.54, 1.807) is 6.20 Å². The van der Waals surface area contributed by atoms with Crippen molar-refractivity contribution in [3.05, 3.63) is 41.8 Å². The van der Waals surface area contributed by atoms with Gasteiger partial charge in [-0.2, -0.15) is 4.98 Å². The minimum absolute atomic E-state index is 0.261. The molecule has 1 aliphatic rings. The van der Waals surface area contributed by atoms with Gasteiger partial charge in [-0.25, -0.2) is 0 Å². The Labute approximate surface area is 111 Å². The van der Waals surface area contributed by atoms with Gasteiger partial charge in [-0.3, -0.25) is 4.98 Å². The molecule has 0 spiro atoms. The first-order valence-electron chi connectivity index (χ1n) is 6.42. The maximum atomic E-state index is 5.39. The van der Waals surface area contributed by atoms with E-state index in [2.05, 4.69) is 20.4 Å². The quantitative estimate of drug-likeness (QED) is 0.867. The molecule has 0 radical (unpaired) electrons. The molecule has 1 saturated heterocycles. The van der Waals surface area contributed by atoms with Crippen LogP contribution in [0.5, 0.6) is 0 Å². The fraction of sp³-hybridized carbons (Fsp3) is 0.462. The van der Waals surface area contributed by atoms with E-state index in [0.29, 0.717) is 31.2 Å². The number of hydrogen-bond acceptors (Lipinski definition) is 6. The molecule has 0 aromatic carbocycles. The summed E-state index contributed by atoms with van der Waals surface area (Å²) in [5, 5.41) is 7.34. The predicted molar refractivity (Wildman–Crippen MR) is 67.7 cm³/mol. The first kappa shape index (κ1) is 12.3. The molecule has 19 heavy (non-hydrogen) atoms. The maximum absolute atomic E-state index is 5.39. The second-order valence-electron chi connectivity index (χ2n) is 4.53. The van der Waals surface area contributed by atoms with E-state index >= 15 is 0 Å². The summed E-state index contributed by atoms with van der Waals surface area (Å²) in [4.78, 5) is 8.63. The summed E-state index contributed by atoms with van der Waals surface area (Å²) in [6.45, 7) is 2.34. The van der Waals surface area contributed by atoms with Crippen molar-refractivity contribution in [3.8, 4) is 0 Å². The monoisotopic (exact) mass is 260 g/mol. The Hall–Kier alpha value is -1.79. The fourth-order valence-corrected chi connectivity index (χ4v) is 2.07. The van der Waals surface area contributed by atoms with Crippen LogP contribution < -0.4 is 5.32 Å². The zero-order chi connectivity index (χ0) is 12.9. The van der Waals surface area contributed by atoms with Crippen LogP contribution in [0.25, 0.3) is 0 Å². The van der Waals surface area contributed by atoms with Gasteiger partial charge >= 0.3 is 0 Å². The first-order chi connectivity index (χ1) is 9.40. The number of aromatic nitrogens is 3. The van der Waals surface area contributed by atoms with E-state index in [0.717, 1.165) is 18.8 Å². The Kier molecular flexibility index (Phi) is 3.81. The summed E-state index contributed by atoms with van der Waals surface area (Å²) in [7, 11) is 0. The van der Waals surface area contributed by atoms with Gasteiger partial charge in [0.25, 0.3) is 0 Å². The van der Waals surface area contributed by atoms with Gasteiger partial charge in [-0.1, -0.05) is 11.2 Å². The lowest BCUT2D eigenvalue weighted by Crippen LogP contribution is -2.42. The van der Waals surface area contributed by atoms with Crippen molar-refractivity contribution >= 4 is 0 Å². The van der Waals surface area contributed by atoms with E-state index in [-0.39, 0.29) is 6.04 Å². The Morgan fingerprint density at radius 2 is 2.37 bits per heavy atom. The second-order valence-corrected chi connectivity index (χ2v) is 4.53. The largest absolute Gasteiger partial charge is 0.378 e. The van der Waals surface area contributed by atoms with Crippen LogP contribution in [0.3, 0.4) is 0 Å². The molecule has 0 aliphatic carbocycles. The molecule has 2 aromatic heterocycles. The summed E-state index contributed by atoms with van der Waals surface area (Å²) in [5.74, 6) is 1.32.